The number of nitrogens with one attached hydrogen (secondary N) is 1. The molecule has 0 aromatic carbocycles. The van der Waals surface area contributed by atoms with E-state index in [1.807, 2.05) is 0 Å². The Hall–Kier alpha value is -1.10. The molecule has 0 saturated heterocycles. The number of carboxylic acid groups (broad SMARTS) is 1. The number of rotatable bonds is 4. The van der Waals surface area contributed by atoms with E-state index in [-0.39, 0.29) is 17.9 Å². The molecule has 4 unspecified atom stereocenters. The quantitative estimate of drug-likeness (QED) is 0.714. The first kappa shape index (κ1) is 14.3. The van der Waals surface area contributed by atoms with Crippen molar-refractivity contribution in [3.63, 3.8) is 0 Å². The predicted molar refractivity (Wildman–Crippen MR) is 69.4 cm³/mol. The summed E-state index contributed by atoms with van der Waals surface area (Å²) in [5, 5.41) is 21.5. The first-order chi connectivity index (χ1) is 9.08. The SMILES string of the molecule is O=C(O)C1CCCC1C(=O)NCC1CCCC(O)C1. The van der Waals surface area contributed by atoms with Crippen LogP contribution in [0.2, 0.25) is 0 Å². The van der Waals surface area contributed by atoms with E-state index in [1.54, 1.807) is 0 Å². The number of aliphatic carboxylic acids is 1. The first-order valence-electron chi connectivity index (χ1n) is 7.26. The van der Waals surface area contributed by atoms with Gasteiger partial charge in [0.25, 0.3) is 0 Å². The van der Waals surface area contributed by atoms with Crippen LogP contribution in [0.3, 0.4) is 0 Å². The van der Waals surface area contributed by atoms with Crippen LogP contribution in [-0.4, -0.2) is 34.7 Å². The van der Waals surface area contributed by atoms with Gasteiger partial charge in [0.1, 0.15) is 0 Å². The lowest BCUT2D eigenvalue weighted by molar-refractivity contribution is -0.146. The molecule has 4 atom stereocenters. The van der Waals surface area contributed by atoms with Gasteiger partial charge in [0, 0.05) is 6.54 Å². The summed E-state index contributed by atoms with van der Waals surface area (Å²) in [5.41, 5.74) is 0. The molecule has 2 rings (SSSR count). The fourth-order valence-electron chi connectivity index (χ4n) is 3.39. The zero-order valence-electron chi connectivity index (χ0n) is 11.2. The Morgan fingerprint density at radius 1 is 1.05 bits per heavy atom. The average molecular weight is 269 g/mol. The van der Waals surface area contributed by atoms with Crippen LogP contribution in [0.15, 0.2) is 0 Å². The van der Waals surface area contributed by atoms with Crippen LogP contribution >= 0.6 is 0 Å². The Balaban J connectivity index is 1.79. The summed E-state index contributed by atoms with van der Waals surface area (Å²) in [6.45, 7) is 0.568. The maximum Gasteiger partial charge on any atom is 0.307 e. The summed E-state index contributed by atoms with van der Waals surface area (Å²) in [7, 11) is 0. The van der Waals surface area contributed by atoms with Gasteiger partial charge < -0.3 is 15.5 Å². The van der Waals surface area contributed by atoms with Gasteiger partial charge in [-0.25, -0.2) is 0 Å². The van der Waals surface area contributed by atoms with E-state index < -0.39 is 11.9 Å². The summed E-state index contributed by atoms with van der Waals surface area (Å²) in [6, 6.07) is 0. The van der Waals surface area contributed by atoms with Gasteiger partial charge in [-0.1, -0.05) is 12.8 Å². The summed E-state index contributed by atoms with van der Waals surface area (Å²) in [4.78, 5) is 23.1. The molecule has 0 heterocycles. The number of carboxylic acids is 1. The lowest BCUT2D eigenvalue weighted by Crippen LogP contribution is -2.39. The first-order valence-corrected chi connectivity index (χ1v) is 7.26. The summed E-state index contributed by atoms with van der Waals surface area (Å²) < 4.78 is 0. The Morgan fingerprint density at radius 3 is 2.42 bits per heavy atom. The highest BCUT2D eigenvalue weighted by atomic mass is 16.4. The van der Waals surface area contributed by atoms with Gasteiger partial charge in [-0.2, -0.15) is 0 Å². The van der Waals surface area contributed by atoms with E-state index in [4.69, 9.17) is 5.11 Å². The van der Waals surface area contributed by atoms with Crippen LogP contribution in [0.1, 0.15) is 44.9 Å². The van der Waals surface area contributed by atoms with E-state index in [0.717, 1.165) is 32.1 Å². The maximum absolute atomic E-state index is 12.0. The molecule has 2 saturated carbocycles. The monoisotopic (exact) mass is 269 g/mol. The second kappa shape index (κ2) is 6.37. The summed E-state index contributed by atoms with van der Waals surface area (Å²) >= 11 is 0. The Labute approximate surface area is 113 Å². The number of hydrogen-bond donors (Lipinski definition) is 3. The molecule has 0 aromatic rings. The van der Waals surface area contributed by atoms with Crippen molar-refractivity contribution in [3.8, 4) is 0 Å². The van der Waals surface area contributed by atoms with Gasteiger partial charge in [-0.3, -0.25) is 9.59 Å². The minimum Gasteiger partial charge on any atom is -0.481 e. The minimum absolute atomic E-state index is 0.120. The number of carbonyl (C=O) groups excluding carboxylic acids is 1. The van der Waals surface area contributed by atoms with Crippen LogP contribution in [0, 0.1) is 17.8 Å². The Bertz CT molecular complexity index is 344. The second-order valence-corrected chi connectivity index (χ2v) is 5.91. The van der Waals surface area contributed by atoms with Gasteiger partial charge in [0.05, 0.1) is 17.9 Å². The number of aliphatic hydroxyl groups is 1. The molecule has 2 aliphatic rings. The third kappa shape index (κ3) is 3.69. The molecule has 108 valence electrons. The van der Waals surface area contributed by atoms with E-state index in [0.29, 0.717) is 25.3 Å². The van der Waals surface area contributed by atoms with E-state index in [1.165, 1.54) is 0 Å². The summed E-state index contributed by atoms with van der Waals surface area (Å²) in [6.07, 6.45) is 5.49. The fraction of sp³-hybridized carbons (Fsp3) is 0.857. The molecule has 5 nitrogen and oxygen atoms in total. The van der Waals surface area contributed by atoms with Crippen LogP contribution < -0.4 is 5.32 Å². The molecular weight excluding hydrogens is 246 g/mol. The van der Waals surface area contributed by atoms with Gasteiger partial charge in [-0.15, -0.1) is 0 Å². The van der Waals surface area contributed by atoms with Gasteiger partial charge in [-0.05, 0) is 38.0 Å². The lowest BCUT2D eigenvalue weighted by atomic mass is 9.87. The van der Waals surface area contributed by atoms with Crippen molar-refractivity contribution >= 4 is 11.9 Å². The number of hydrogen-bond acceptors (Lipinski definition) is 3. The van der Waals surface area contributed by atoms with Crippen LogP contribution in [0.4, 0.5) is 0 Å². The van der Waals surface area contributed by atoms with Crippen molar-refractivity contribution < 1.29 is 19.8 Å². The number of aliphatic hydroxyl groups excluding tert-OH is 1. The molecule has 0 spiro atoms. The molecule has 1 amide bonds. The largest absolute Gasteiger partial charge is 0.481 e. The molecule has 2 aliphatic carbocycles. The summed E-state index contributed by atoms with van der Waals surface area (Å²) in [5.74, 6) is -1.53. The molecule has 19 heavy (non-hydrogen) atoms. The average Bonchev–Trinajstić information content (AvgIpc) is 2.85. The number of amides is 1. The van der Waals surface area contributed by atoms with Gasteiger partial charge in [0.2, 0.25) is 5.91 Å². The standard InChI is InChI=1S/C14H23NO4/c16-10-4-1-3-9(7-10)8-15-13(17)11-5-2-6-12(11)14(18)19/h9-12,16H,1-8H2,(H,15,17)(H,18,19). The highest BCUT2D eigenvalue weighted by Gasteiger charge is 2.37. The third-order valence-corrected chi connectivity index (χ3v) is 4.49. The zero-order valence-corrected chi connectivity index (χ0v) is 11.2. The van der Waals surface area contributed by atoms with Crippen molar-refractivity contribution in [1.82, 2.24) is 5.32 Å². The molecule has 0 radical (unpaired) electrons. The van der Waals surface area contributed by atoms with Crippen LogP contribution in [0.5, 0.6) is 0 Å². The highest BCUT2D eigenvalue weighted by Crippen LogP contribution is 2.32. The smallest absolute Gasteiger partial charge is 0.307 e. The van der Waals surface area contributed by atoms with Crippen LogP contribution in [0.25, 0.3) is 0 Å². The molecule has 3 N–H and O–H groups in total. The van der Waals surface area contributed by atoms with Gasteiger partial charge in [0.15, 0.2) is 0 Å². The normalized spacial score (nSPS) is 35.0. The van der Waals surface area contributed by atoms with Crippen molar-refractivity contribution in [2.75, 3.05) is 6.54 Å². The lowest BCUT2D eigenvalue weighted by Gasteiger charge is -2.26. The highest BCUT2D eigenvalue weighted by molar-refractivity contribution is 5.85. The van der Waals surface area contributed by atoms with E-state index in [2.05, 4.69) is 5.32 Å². The van der Waals surface area contributed by atoms with Crippen molar-refractivity contribution in [3.05, 3.63) is 0 Å². The second-order valence-electron chi connectivity index (χ2n) is 5.91. The molecule has 2 fully saturated rings. The molecule has 0 bridgehead atoms. The van der Waals surface area contributed by atoms with E-state index >= 15 is 0 Å². The van der Waals surface area contributed by atoms with Crippen molar-refractivity contribution in [2.24, 2.45) is 17.8 Å². The predicted octanol–water partition coefficient (Wildman–Crippen LogP) is 1.15. The zero-order chi connectivity index (χ0) is 13.8. The van der Waals surface area contributed by atoms with Crippen LogP contribution in [-0.2, 0) is 9.59 Å². The van der Waals surface area contributed by atoms with E-state index in [9.17, 15) is 14.7 Å². The molecular formula is C14H23NO4. The third-order valence-electron chi connectivity index (χ3n) is 4.49. The fourth-order valence-corrected chi connectivity index (χ4v) is 3.39. The molecule has 0 aliphatic heterocycles. The molecule has 0 aromatic heterocycles. The Kier molecular flexibility index (Phi) is 4.80. The van der Waals surface area contributed by atoms with Gasteiger partial charge >= 0.3 is 5.97 Å². The molecule has 5 heteroatoms. The topological polar surface area (TPSA) is 86.6 Å². The van der Waals surface area contributed by atoms with Crippen molar-refractivity contribution in [2.45, 2.75) is 51.0 Å². The minimum atomic E-state index is -0.856. The maximum atomic E-state index is 12.0. The Morgan fingerprint density at radius 2 is 1.74 bits per heavy atom. The number of carbonyl (C=O) groups is 2. The van der Waals surface area contributed by atoms with Crippen molar-refractivity contribution in [1.29, 1.82) is 0 Å².